The van der Waals surface area contributed by atoms with Gasteiger partial charge >= 0.3 is 0 Å². The normalized spacial score (nSPS) is 19.0. The van der Waals surface area contributed by atoms with E-state index in [0.717, 1.165) is 45.3 Å². The number of piperazine rings is 1. The van der Waals surface area contributed by atoms with Crippen LogP contribution in [0.3, 0.4) is 0 Å². The van der Waals surface area contributed by atoms with E-state index in [2.05, 4.69) is 36.1 Å². The molecule has 0 N–H and O–H groups in total. The summed E-state index contributed by atoms with van der Waals surface area (Å²) in [5.41, 5.74) is 3.11. The van der Waals surface area contributed by atoms with Crippen molar-refractivity contribution >= 4 is 15.9 Å². The summed E-state index contributed by atoms with van der Waals surface area (Å²) < 4.78 is 27.5. The van der Waals surface area contributed by atoms with Crippen molar-refractivity contribution < 1.29 is 13.2 Å². The van der Waals surface area contributed by atoms with Crippen LogP contribution in [0, 0.1) is 6.92 Å². The molecule has 1 amide bonds. The summed E-state index contributed by atoms with van der Waals surface area (Å²) >= 11 is 0. The third-order valence-corrected chi connectivity index (χ3v) is 8.37. The highest BCUT2D eigenvalue weighted by molar-refractivity contribution is 7.89. The second-order valence-electron chi connectivity index (χ2n) is 8.90. The second kappa shape index (κ2) is 10.1. The Kier molecular flexibility index (Phi) is 7.28. The molecule has 2 aliphatic heterocycles. The summed E-state index contributed by atoms with van der Waals surface area (Å²) in [6.07, 6.45) is 3.98. The van der Waals surface area contributed by atoms with Gasteiger partial charge < -0.3 is 4.90 Å². The molecule has 4 rings (SSSR count). The van der Waals surface area contributed by atoms with Crippen molar-refractivity contribution in [1.82, 2.24) is 14.1 Å². The van der Waals surface area contributed by atoms with E-state index in [-0.39, 0.29) is 10.8 Å². The average Bonchev–Trinajstić information content (AvgIpc) is 3.10. The van der Waals surface area contributed by atoms with Crippen LogP contribution in [0.4, 0.5) is 0 Å². The molecular weight excluding hydrogens is 422 g/mol. The maximum Gasteiger partial charge on any atom is 0.253 e. The molecule has 2 aliphatic rings. The second-order valence-corrected chi connectivity index (χ2v) is 10.8. The van der Waals surface area contributed by atoms with Crippen LogP contribution in [0.2, 0.25) is 0 Å². The SMILES string of the molecule is Cc1cccc(CN2CCN(C(=O)c3ccc(S(=O)(=O)N4CCCCCC4)cc3)CC2)c1. The molecule has 0 aromatic heterocycles. The third-order valence-electron chi connectivity index (χ3n) is 6.45. The van der Waals surface area contributed by atoms with Gasteiger partial charge in [0.1, 0.15) is 0 Å². The van der Waals surface area contributed by atoms with Gasteiger partial charge in [0, 0.05) is 51.4 Å². The van der Waals surface area contributed by atoms with Gasteiger partial charge in [-0.05, 0) is 49.6 Å². The number of nitrogens with zero attached hydrogens (tertiary/aromatic N) is 3. The first-order valence-corrected chi connectivity index (χ1v) is 13.0. The number of benzene rings is 2. The maximum atomic E-state index is 13.0. The predicted octanol–water partition coefficient (Wildman–Crippen LogP) is 3.52. The number of sulfonamides is 1. The third kappa shape index (κ3) is 5.39. The van der Waals surface area contributed by atoms with Crippen molar-refractivity contribution in [3.8, 4) is 0 Å². The van der Waals surface area contributed by atoms with Crippen LogP contribution in [-0.4, -0.2) is 67.7 Å². The highest BCUT2D eigenvalue weighted by Crippen LogP contribution is 2.21. The van der Waals surface area contributed by atoms with Crippen molar-refractivity contribution in [3.63, 3.8) is 0 Å². The molecule has 0 bridgehead atoms. The Morgan fingerprint density at radius 3 is 2.12 bits per heavy atom. The Hall–Kier alpha value is -2.22. The van der Waals surface area contributed by atoms with E-state index in [9.17, 15) is 13.2 Å². The van der Waals surface area contributed by atoms with Gasteiger partial charge in [0.05, 0.1) is 4.90 Å². The smallest absolute Gasteiger partial charge is 0.253 e. The Bertz CT molecular complexity index is 1020. The Morgan fingerprint density at radius 1 is 0.844 bits per heavy atom. The van der Waals surface area contributed by atoms with Gasteiger partial charge in [-0.1, -0.05) is 42.7 Å². The zero-order valence-electron chi connectivity index (χ0n) is 18.9. The lowest BCUT2D eigenvalue weighted by Crippen LogP contribution is -2.48. The lowest BCUT2D eigenvalue weighted by molar-refractivity contribution is 0.0628. The van der Waals surface area contributed by atoms with Gasteiger partial charge in [-0.2, -0.15) is 4.31 Å². The minimum Gasteiger partial charge on any atom is -0.336 e. The number of hydrogen-bond acceptors (Lipinski definition) is 4. The number of aryl methyl sites for hydroxylation is 1. The number of amides is 1. The van der Waals surface area contributed by atoms with Crippen LogP contribution >= 0.6 is 0 Å². The largest absolute Gasteiger partial charge is 0.336 e. The molecule has 0 unspecified atom stereocenters. The lowest BCUT2D eigenvalue weighted by atomic mass is 10.1. The molecular formula is C25H33N3O3S. The zero-order valence-corrected chi connectivity index (χ0v) is 19.7. The molecule has 172 valence electrons. The first kappa shape index (κ1) is 23.0. The molecule has 2 heterocycles. The Morgan fingerprint density at radius 2 is 1.50 bits per heavy atom. The van der Waals surface area contributed by atoms with E-state index in [1.807, 2.05) is 4.90 Å². The van der Waals surface area contributed by atoms with Crippen molar-refractivity contribution in [3.05, 3.63) is 65.2 Å². The molecule has 6 nitrogen and oxygen atoms in total. The van der Waals surface area contributed by atoms with Gasteiger partial charge in [-0.15, -0.1) is 0 Å². The van der Waals surface area contributed by atoms with Crippen molar-refractivity contribution in [1.29, 1.82) is 0 Å². The lowest BCUT2D eigenvalue weighted by Gasteiger charge is -2.35. The van der Waals surface area contributed by atoms with Crippen LogP contribution in [-0.2, 0) is 16.6 Å². The maximum absolute atomic E-state index is 13.0. The monoisotopic (exact) mass is 455 g/mol. The van der Waals surface area contributed by atoms with Gasteiger partial charge in [-0.3, -0.25) is 9.69 Å². The van der Waals surface area contributed by atoms with E-state index >= 15 is 0 Å². The number of rotatable bonds is 5. The van der Waals surface area contributed by atoms with Gasteiger partial charge in [0.25, 0.3) is 5.91 Å². The van der Waals surface area contributed by atoms with Crippen LogP contribution in [0.1, 0.15) is 47.2 Å². The topological polar surface area (TPSA) is 60.9 Å². The standard InChI is InChI=1S/C25H33N3O3S/c1-21-7-6-8-22(19-21)20-26-15-17-27(18-16-26)25(29)23-9-11-24(12-10-23)32(30,31)28-13-4-2-3-5-14-28/h6-12,19H,2-5,13-18,20H2,1H3. The highest BCUT2D eigenvalue weighted by atomic mass is 32.2. The Labute approximate surface area is 191 Å². The Balaban J connectivity index is 1.35. The van der Waals surface area contributed by atoms with Crippen molar-refractivity contribution in [2.45, 2.75) is 44.0 Å². The highest BCUT2D eigenvalue weighted by Gasteiger charge is 2.26. The minimum absolute atomic E-state index is 0.0288. The number of carbonyl (C=O) groups is 1. The molecule has 2 aromatic rings. The molecule has 2 aromatic carbocycles. The predicted molar refractivity (Wildman–Crippen MR) is 126 cm³/mol. The quantitative estimate of drug-likeness (QED) is 0.692. The first-order valence-electron chi connectivity index (χ1n) is 11.6. The summed E-state index contributed by atoms with van der Waals surface area (Å²) in [5, 5.41) is 0. The van der Waals surface area contributed by atoms with Crippen LogP contribution in [0.15, 0.2) is 53.4 Å². The van der Waals surface area contributed by atoms with Crippen LogP contribution in [0.25, 0.3) is 0 Å². The van der Waals surface area contributed by atoms with Gasteiger partial charge in [0.2, 0.25) is 10.0 Å². The minimum atomic E-state index is -3.49. The molecule has 0 spiro atoms. The fourth-order valence-corrected chi connectivity index (χ4v) is 6.08. The summed E-state index contributed by atoms with van der Waals surface area (Å²) in [7, 11) is -3.49. The molecule has 2 fully saturated rings. The summed E-state index contributed by atoms with van der Waals surface area (Å²) in [6, 6.07) is 15.0. The summed E-state index contributed by atoms with van der Waals surface area (Å²) in [4.78, 5) is 17.5. The zero-order chi connectivity index (χ0) is 22.6. The fourth-order valence-electron chi connectivity index (χ4n) is 4.56. The van der Waals surface area contributed by atoms with E-state index in [1.165, 1.54) is 11.1 Å². The molecule has 7 heteroatoms. The first-order chi connectivity index (χ1) is 15.4. The van der Waals surface area contributed by atoms with Crippen LogP contribution < -0.4 is 0 Å². The van der Waals surface area contributed by atoms with Crippen molar-refractivity contribution in [2.24, 2.45) is 0 Å². The number of hydrogen-bond donors (Lipinski definition) is 0. The van der Waals surface area contributed by atoms with E-state index < -0.39 is 10.0 Å². The average molecular weight is 456 g/mol. The fraction of sp³-hybridized carbons (Fsp3) is 0.480. The molecule has 0 aliphatic carbocycles. The molecule has 2 saturated heterocycles. The van der Waals surface area contributed by atoms with E-state index in [4.69, 9.17) is 0 Å². The van der Waals surface area contributed by atoms with E-state index in [0.29, 0.717) is 31.7 Å². The molecule has 0 saturated carbocycles. The molecule has 0 atom stereocenters. The van der Waals surface area contributed by atoms with Crippen molar-refractivity contribution in [2.75, 3.05) is 39.3 Å². The molecule has 32 heavy (non-hydrogen) atoms. The van der Waals surface area contributed by atoms with Gasteiger partial charge in [-0.25, -0.2) is 8.42 Å². The van der Waals surface area contributed by atoms with Gasteiger partial charge in [0.15, 0.2) is 0 Å². The summed E-state index contributed by atoms with van der Waals surface area (Å²) in [6.45, 7) is 7.18. The van der Waals surface area contributed by atoms with E-state index in [1.54, 1.807) is 28.6 Å². The summed E-state index contributed by atoms with van der Waals surface area (Å²) in [5.74, 6) is -0.0288. The van der Waals surface area contributed by atoms with Crippen LogP contribution in [0.5, 0.6) is 0 Å². The number of carbonyl (C=O) groups excluding carboxylic acids is 1. The molecule has 0 radical (unpaired) electrons.